The Hall–Kier alpha value is -1.84. The molecule has 0 heterocycles. The number of aldehydes is 1. The summed E-state index contributed by atoms with van der Waals surface area (Å²) in [5, 5.41) is 0.927. The van der Waals surface area contributed by atoms with Crippen molar-refractivity contribution in [2.24, 2.45) is 0 Å². The molecular formula is C18H17Cl2NO2. The number of benzene rings is 2. The van der Waals surface area contributed by atoms with E-state index in [9.17, 15) is 9.59 Å². The summed E-state index contributed by atoms with van der Waals surface area (Å²) in [6, 6.07) is 12.7. The molecule has 0 atom stereocenters. The highest BCUT2D eigenvalue weighted by Gasteiger charge is 2.16. The van der Waals surface area contributed by atoms with E-state index < -0.39 is 0 Å². The van der Waals surface area contributed by atoms with Gasteiger partial charge in [-0.25, -0.2) is 0 Å². The van der Waals surface area contributed by atoms with Crippen LogP contribution in [-0.4, -0.2) is 30.7 Å². The Balaban J connectivity index is 2.31. The number of carbonyl (C=O) groups is 2. The third kappa shape index (κ3) is 4.34. The fourth-order valence-corrected chi connectivity index (χ4v) is 2.60. The molecule has 3 nitrogen and oxygen atoms in total. The van der Waals surface area contributed by atoms with Crippen LogP contribution in [0.2, 0.25) is 10.0 Å². The Labute approximate surface area is 145 Å². The minimum absolute atomic E-state index is 0.0856. The summed E-state index contributed by atoms with van der Waals surface area (Å²) in [4.78, 5) is 24.7. The van der Waals surface area contributed by atoms with Gasteiger partial charge in [0, 0.05) is 25.6 Å². The minimum Gasteiger partial charge on any atom is -0.342 e. The zero-order chi connectivity index (χ0) is 16.8. The summed E-state index contributed by atoms with van der Waals surface area (Å²) in [6.07, 6.45) is 1.97. The number of unbranched alkanes of at least 4 members (excludes halogenated alkanes) is 1. The van der Waals surface area contributed by atoms with Gasteiger partial charge in [0.2, 0.25) is 0 Å². The standard InChI is InChI=1S/C18H17Cl2NO2/c1-21(10-4-5-11-22)18(23)15-7-3-2-6-14(15)13-8-9-16(19)17(20)12-13/h2-3,6-9,11-12H,4-5,10H2,1H3. The molecule has 0 bridgehead atoms. The Morgan fingerprint density at radius 1 is 1.13 bits per heavy atom. The number of carbonyl (C=O) groups excluding carboxylic acids is 2. The summed E-state index contributed by atoms with van der Waals surface area (Å²) in [5.41, 5.74) is 2.24. The molecule has 0 aliphatic heterocycles. The van der Waals surface area contributed by atoms with Crippen molar-refractivity contribution in [1.29, 1.82) is 0 Å². The molecular weight excluding hydrogens is 333 g/mol. The highest BCUT2D eigenvalue weighted by Crippen LogP contribution is 2.30. The molecule has 0 aliphatic rings. The van der Waals surface area contributed by atoms with E-state index in [1.165, 1.54) is 0 Å². The van der Waals surface area contributed by atoms with Crippen LogP contribution in [-0.2, 0) is 4.79 Å². The van der Waals surface area contributed by atoms with Crippen LogP contribution in [0, 0.1) is 0 Å². The van der Waals surface area contributed by atoms with E-state index in [0.29, 0.717) is 35.0 Å². The lowest BCUT2D eigenvalue weighted by atomic mass is 9.99. The third-order valence-electron chi connectivity index (χ3n) is 3.55. The van der Waals surface area contributed by atoms with Crippen LogP contribution in [0.3, 0.4) is 0 Å². The van der Waals surface area contributed by atoms with Crippen molar-refractivity contribution in [2.75, 3.05) is 13.6 Å². The van der Waals surface area contributed by atoms with Gasteiger partial charge in [-0.2, -0.15) is 0 Å². The molecule has 0 radical (unpaired) electrons. The van der Waals surface area contributed by atoms with Crippen LogP contribution in [0.1, 0.15) is 23.2 Å². The molecule has 0 saturated heterocycles. The Morgan fingerprint density at radius 2 is 1.87 bits per heavy atom. The molecule has 1 amide bonds. The fourth-order valence-electron chi connectivity index (χ4n) is 2.30. The molecule has 0 N–H and O–H groups in total. The quantitative estimate of drug-likeness (QED) is 0.559. The second-order valence-electron chi connectivity index (χ2n) is 5.21. The molecule has 0 aromatic heterocycles. The molecule has 0 unspecified atom stereocenters. The summed E-state index contributed by atoms with van der Waals surface area (Å²) in [6.45, 7) is 0.535. The van der Waals surface area contributed by atoms with Gasteiger partial charge in [0.05, 0.1) is 10.0 Å². The lowest BCUT2D eigenvalue weighted by Crippen LogP contribution is -2.28. The first-order chi connectivity index (χ1) is 11.0. The highest BCUT2D eigenvalue weighted by molar-refractivity contribution is 6.42. The lowest BCUT2D eigenvalue weighted by molar-refractivity contribution is -0.107. The number of halogens is 2. The van der Waals surface area contributed by atoms with Gasteiger partial charge in [0.1, 0.15) is 6.29 Å². The predicted molar refractivity (Wildman–Crippen MR) is 94.2 cm³/mol. The van der Waals surface area contributed by atoms with Crippen LogP contribution in [0.4, 0.5) is 0 Å². The van der Waals surface area contributed by atoms with Crippen molar-refractivity contribution in [3.8, 4) is 11.1 Å². The molecule has 5 heteroatoms. The van der Waals surface area contributed by atoms with Crippen LogP contribution in [0.15, 0.2) is 42.5 Å². The van der Waals surface area contributed by atoms with Gasteiger partial charge in [-0.05, 0) is 35.7 Å². The molecule has 0 saturated carbocycles. The van der Waals surface area contributed by atoms with E-state index in [-0.39, 0.29) is 5.91 Å². The van der Waals surface area contributed by atoms with Crippen molar-refractivity contribution in [3.63, 3.8) is 0 Å². The zero-order valence-corrected chi connectivity index (χ0v) is 14.3. The smallest absolute Gasteiger partial charge is 0.254 e. The number of nitrogens with zero attached hydrogens (tertiary/aromatic N) is 1. The maximum atomic E-state index is 12.7. The number of hydrogen-bond donors (Lipinski definition) is 0. The highest BCUT2D eigenvalue weighted by atomic mass is 35.5. The van der Waals surface area contributed by atoms with Gasteiger partial charge in [0.15, 0.2) is 0 Å². The largest absolute Gasteiger partial charge is 0.342 e. The molecule has 23 heavy (non-hydrogen) atoms. The number of amides is 1. The average Bonchev–Trinajstić information content (AvgIpc) is 2.57. The van der Waals surface area contributed by atoms with Crippen LogP contribution < -0.4 is 0 Å². The predicted octanol–water partition coefficient (Wildman–Crippen LogP) is 4.71. The van der Waals surface area contributed by atoms with E-state index in [0.717, 1.165) is 17.4 Å². The summed E-state index contributed by atoms with van der Waals surface area (Å²) in [5.74, 6) is -0.0856. The third-order valence-corrected chi connectivity index (χ3v) is 4.29. The topological polar surface area (TPSA) is 37.4 Å². The van der Waals surface area contributed by atoms with Crippen molar-refractivity contribution in [2.45, 2.75) is 12.8 Å². The number of hydrogen-bond acceptors (Lipinski definition) is 2. The van der Waals surface area contributed by atoms with Crippen molar-refractivity contribution >= 4 is 35.4 Å². The van der Waals surface area contributed by atoms with Gasteiger partial charge in [0.25, 0.3) is 5.91 Å². The van der Waals surface area contributed by atoms with Crippen LogP contribution in [0.5, 0.6) is 0 Å². The molecule has 120 valence electrons. The maximum Gasteiger partial charge on any atom is 0.254 e. The molecule has 2 rings (SSSR count). The average molecular weight is 350 g/mol. The zero-order valence-electron chi connectivity index (χ0n) is 12.8. The first kappa shape index (κ1) is 17.5. The van der Waals surface area contributed by atoms with E-state index in [4.69, 9.17) is 23.2 Å². The van der Waals surface area contributed by atoms with E-state index in [2.05, 4.69) is 0 Å². The second-order valence-corrected chi connectivity index (χ2v) is 6.02. The molecule has 2 aromatic carbocycles. The van der Waals surface area contributed by atoms with Gasteiger partial charge >= 0.3 is 0 Å². The Morgan fingerprint density at radius 3 is 2.57 bits per heavy atom. The monoisotopic (exact) mass is 349 g/mol. The van der Waals surface area contributed by atoms with Gasteiger partial charge in [-0.15, -0.1) is 0 Å². The van der Waals surface area contributed by atoms with Crippen LogP contribution >= 0.6 is 23.2 Å². The van der Waals surface area contributed by atoms with E-state index in [1.54, 1.807) is 30.1 Å². The molecule has 0 fully saturated rings. The van der Waals surface area contributed by atoms with Gasteiger partial charge < -0.3 is 9.69 Å². The van der Waals surface area contributed by atoms with E-state index in [1.807, 2.05) is 24.3 Å². The van der Waals surface area contributed by atoms with Gasteiger partial charge in [-0.3, -0.25) is 4.79 Å². The fraction of sp³-hybridized carbons (Fsp3) is 0.222. The normalized spacial score (nSPS) is 10.4. The van der Waals surface area contributed by atoms with Crippen molar-refractivity contribution < 1.29 is 9.59 Å². The van der Waals surface area contributed by atoms with Crippen molar-refractivity contribution in [3.05, 3.63) is 58.1 Å². The Bertz CT molecular complexity index is 716. The first-order valence-corrected chi connectivity index (χ1v) is 8.03. The molecule has 0 aliphatic carbocycles. The van der Waals surface area contributed by atoms with Crippen molar-refractivity contribution in [1.82, 2.24) is 4.90 Å². The molecule has 2 aromatic rings. The SMILES string of the molecule is CN(CCCC=O)C(=O)c1ccccc1-c1ccc(Cl)c(Cl)c1. The number of rotatable bonds is 6. The first-order valence-electron chi connectivity index (χ1n) is 7.28. The lowest BCUT2D eigenvalue weighted by Gasteiger charge is -2.19. The minimum atomic E-state index is -0.0856. The summed E-state index contributed by atoms with van der Waals surface area (Å²) in [7, 11) is 1.73. The van der Waals surface area contributed by atoms with Gasteiger partial charge in [-0.1, -0.05) is 47.5 Å². The Kier molecular flexibility index (Phi) is 6.20. The van der Waals surface area contributed by atoms with Crippen LogP contribution in [0.25, 0.3) is 11.1 Å². The summed E-state index contributed by atoms with van der Waals surface area (Å²) >= 11 is 12.0. The second kappa shape index (κ2) is 8.14. The molecule has 0 spiro atoms. The van der Waals surface area contributed by atoms with E-state index >= 15 is 0 Å². The summed E-state index contributed by atoms with van der Waals surface area (Å²) < 4.78 is 0. The maximum absolute atomic E-state index is 12.7.